The molecule has 0 heterocycles. The van der Waals surface area contributed by atoms with Crippen molar-refractivity contribution in [2.45, 2.75) is 6.54 Å². The van der Waals surface area contributed by atoms with Crippen LogP contribution in [0, 0.1) is 0 Å². The maximum absolute atomic E-state index is 11.2. The summed E-state index contributed by atoms with van der Waals surface area (Å²) < 4.78 is 0. The molecule has 0 spiro atoms. The molecule has 2 amide bonds. The topological polar surface area (TPSA) is 63.4 Å². The Morgan fingerprint density at radius 2 is 1.94 bits per heavy atom. The number of nitrogens with two attached hydrogens (primary N) is 1. The number of rotatable bonds is 4. The van der Waals surface area contributed by atoms with Crippen LogP contribution in [0.5, 0.6) is 0 Å². The first kappa shape index (κ1) is 12.0. The van der Waals surface area contributed by atoms with Gasteiger partial charge in [-0.25, -0.2) is 0 Å². The molecule has 0 unspecified atom stereocenters. The van der Waals surface area contributed by atoms with E-state index >= 15 is 0 Å². The van der Waals surface area contributed by atoms with E-state index in [-0.39, 0.29) is 5.91 Å². The van der Waals surface area contributed by atoms with Gasteiger partial charge in [-0.15, -0.1) is 0 Å². The molecule has 16 heavy (non-hydrogen) atoms. The molecule has 0 aliphatic carbocycles. The summed E-state index contributed by atoms with van der Waals surface area (Å²) in [5.74, 6) is -0.596. The van der Waals surface area contributed by atoms with Crippen LogP contribution in [0.3, 0.4) is 0 Å². The van der Waals surface area contributed by atoms with Gasteiger partial charge in [0.1, 0.15) is 0 Å². The van der Waals surface area contributed by atoms with Gasteiger partial charge in [-0.2, -0.15) is 0 Å². The van der Waals surface area contributed by atoms with Gasteiger partial charge < -0.3 is 10.6 Å². The lowest BCUT2D eigenvalue weighted by Crippen LogP contribution is -2.23. The van der Waals surface area contributed by atoms with Crippen LogP contribution in [0.4, 0.5) is 0 Å². The van der Waals surface area contributed by atoms with Crippen LogP contribution in [-0.4, -0.2) is 23.8 Å². The van der Waals surface area contributed by atoms with Crippen LogP contribution < -0.4 is 5.73 Å². The van der Waals surface area contributed by atoms with E-state index in [0.717, 1.165) is 5.56 Å². The molecule has 0 bridgehead atoms. The lowest BCUT2D eigenvalue weighted by atomic mass is 10.1. The van der Waals surface area contributed by atoms with Crippen molar-refractivity contribution in [3.63, 3.8) is 0 Å². The normalized spacial score (nSPS) is 9.56. The van der Waals surface area contributed by atoms with Crippen LogP contribution in [0.2, 0.25) is 0 Å². The van der Waals surface area contributed by atoms with E-state index in [4.69, 9.17) is 5.73 Å². The molecule has 4 heteroatoms. The number of carbonyl (C=O) groups is 2. The first-order chi connectivity index (χ1) is 7.54. The number of amides is 2. The molecular formula is C12H14N2O2. The fourth-order valence-corrected chi connectivity index (χ4v) is 1.28. The fraction of sp³-hybridized carbons (Fsp3) is 0.167. The number of benzene rings is 1. The van der Waals surface area contributed by atoms with E-state index < -0.39 is 5.91 Å². The summed E-state index contributed by atoms with van der Waals surface area (Å²) in [7, 11) is 1.69. The molecule has 1 aromatic carbocycles. The zero-order valence-corrected chi connectivity index (χ0v) is 9.14. The standard InChI is InChI=1S/C12H14N2O2/c1-3-11(15)14(2)8-9-4-6-10(7-5-9)12(13)16/h3-7H,1,8H2,2H3,(H2,13,16). The number of likely N-dealkylation sites (N-methyl/N-ethyl adjacent to an activating group) is 1. The van der Waals surface area contributed by atoms with E-state index in [1.807, 2.05) is 0 Å². The lowest BCUT2D eigenvalue weighted by molar-refractivity contribution is -0.125. The first-order valence-electron chi connectivity index (χ1n) is 4.81. The summed E-state index contributed by atoms with van der Waals surface area (Å²) in [6, 6.07) is 6.83. The van der Waals surface area contributed by atoms with Crippen LogP contribution in [0.1, 0.15) is 15.9 Å². The molecule has 0 fully saturated rings. The monoisotopic (exact) mass is 218 g/mol. The maximum Gasteiger partial charge on any atom is 0.248 e. The molecule has 0 atom stereocenters. The molecule has 4 nitrogen and oxygen atoms in total. The van der Waals surface area contributed by atoms with Crippen molar-refractivity contribution in [3.8, 4) is 0 Å². The quantitative estimate of drug-likeness (QED) is 0.764. The molecule has 0 aliphatic rings. The third-order valence-electron chi connectivity index (χ3n) is 2.21. The van der Waals surface area contributed by atoms with Gasteiger partial charge in [0.25, 0.3) is 0 Å². The second-order valence-corrected chi connectivity index (χ2v) is 3.46. The first-order valence-corrected chi connectivity index (χ1v) is 4.81. The maximum atomic E-state index is 11.2. The van der Waals surface area contributed by atoms with Crippen molar-refractivity contribution in [1.29, 1.82) is 0 Å². The molecule has 2 N–H and O–H groups in total. The minimum absolute atomic E-state index is 0.140. The smallest absolute Gasteiger partial charge is 0.248 e. The highest BCUT2D eigenvalue weighted by Gasteiger charge is 2.05. The Morgan fingerprint density at radius 3 is 2.38 bits per heavy atom. The highest BCUT2D eigenvalue weighted by Crippen LogP contribution is 2.06. The number of hydrogen-bond acceptors (Lipinski definition) is 2. The van der Waals surface area contributed by atoms with Crippen LogP contribution in [0.15, 0.2) is 36.9 Å². The van der Waals surface area contributed by atoms with Crippen molar-refractivity contribution in [2.24, 2.45) is 5.73 Å². The predicted octanol–water partition coefficient (Wildman–Crippen LogP) is 0.930. The SMILES string of the molecule is C=CC(=O)N(C)Cc1ccc(C(N)=O)cc1. The molecule has 0 saturated heterocycles. The van der Waals surface area contributed by atoms with Crippen LogP contribution in [-0.2, 0) is 11.3 Å². The second-order valence-electron chi connectivity index (χ2n) is 3.46. The van der Waals surface area contributed by atoms with Crippen molar-refractivity contribution in [2.75, 3.05) is 7.05 Å². The van der Waals surface area contributed by atoms with Crippen molar-refractivity contribution < 1.29 is 9.59 Å². The molecular weight excluding hydrogens is 204 g/mol. The molecule has 0 aromatic heterocycles. The van der Waals surface area contributed by atoms with Crippen molar-refractivity contribution >= 4 is 11.8 Å². The van der Waals surface area contributed by atoms with Gasteiger partial charge in [-0.3, -0.25) is 9.59 Å². The highest BCUT2D eigenvalue weighted by atomic mass is 16.2. The van der Waals surface area contributed by atoms with Gasteiger partial charge in [0.05, 0.1) is 0 Å². The predicted molar refractivity (Wildman–Crippen MR) is 61.6 cm³/mol. The summed E-state index contributed by atoms with van der Waals surface area (Å²) in [5.41, 5.74) is 6.51. The highest BCUT2D eigenvalue weighted by molar-refractivity contribution is 5.92. The Labute approximate surface area is 94.4 Å². The summed E-state index contributed by atoms with van der Waals surface area (Å²) in [4.78, 5) is 23.6. The zero-order chi connectivity index (χ0) is 12.1. The number of nitrogens with zero attached hydrogens (tertiary/aromatic N) is 1. The van der Waals surface area contributed by atoms with E-state index in [2.05, 4.69) is 6.58 Å². The summed E-state index contributed by atoms with van der Waals surface area (Å²) in [5, 5.41) is 0. The van der Waals surface area contributed by atoms with Gasteiger partial charge in [0.15, 0.2) is 0 Å². The van der Waals surface area contributed by atoms with E-state index in [9.17, 15) is 9.59 Å². The second kappa shape index (κ2) is 5.11. The lowest BCUT2D eigenvalue weighted by Gasteiger charge is -2.14. The Kier molecular flexibility index (Phi) is 3.83. The molecule has 84 valence electrons. The molecule has 1 rings (SSSR count). The van der Waals surface area contributed by atoms with Crippen LogP contribution >= 0.6 is 0 Å². The average Bonchev–Trinajstić information content (AvgIpc) is 2.28. The third kappa shape index (κ3) is 2.95. The Balaban J connectivity index is 2.72. The van der Waals surface area contributed by atoms with Crippen molar-refractivity contribution in [1.82, 2.24) is 4.90 Å². The number of carbonyl (C=O) groups excluding carboxylic acids is 2. The Morgan fingerprint density at radius 1 is 1.38 bits per heavy atom. The summed E-state index contributed by atoms with van der Waals surface area (Å²) in [6.07, 6.45) is 1.26. The van der Waals surface area contributed by atoms with Crippen molar-refractivity contribution in [3.05, 3.63) is 48.0 Å². The van der Waals surface area contributed by atoms with E-state index in [1.165, 1.54) is 11.0 Å². The third-order valence-corrected chi connectivity index (χ3v) is 2.21. The largest absolute Gasteiger partial charge is 0.366 e. The number of hydrogen-bond donors (Lipinski definition) is 1. The van der Waals surface area contributed by atoms with Gasteiger partial charge in [0.2, 0.25) is 11.8 Å². The Bertz CT molecular complexity index is 410. The molecule has 0 saturated carbocycles. The average molecular weight is 218 g/mol. The molecule has 0 radical (unpaired) electrons. The van der Waals surface area contributed by atoms with Gasteiger partial charge >= 0.3 is 0 Å². The van der Waals surface area contributed by atoms with E-state index in [0.29, 0.717) is 12.1 Å². The summed E-state index contributed by atoms with van der Waals surface area (Å²) >= 11 is 0. The minimum atomic E-state index is -0.456. The van der Waals surface area contributed by atoms with Gasteiger partial charge in [0, 0.05) is 19.2 Å². The Hall–Kier alpha value is -2.10. The minimum Gasteiger partial charge on any atom is -0.366 e. The van der Waals surface area contributed by atoms with E-state index in [1.54, 1.807) is 31.3 Å². The number of primary amides is 1. The summed E-state index contributed by atoms with van der Waals surface area (Å²) in [6.45, 7) is 3.88. The zero-order valence-electron chi connectivity index (χ0n) is 9.14. The molecule has 1 aromatic rings. The molecule has 0 aliphatic heterocycles. The van der Waals surface area contributed by atoms with Crippen LogP contribution in [0.25, 0.3) is 0 Å². The fourth-order valence-electron chi connectivity index (χ4n) is 1.28. The van der Waals surface area contributed by atoms with Gasteiger partial charge in [-0.1, -0.05) is 18.7 Å². The van der Waals surface area contributed by atoms with Gasteiger partial charge in [-0.05, 0) is 23.8 Å².